The maximum absolute atomic E-state index is 12.8. The lowest BCUT2D eigenvalue weighted by Crippen LogP contribution is -2.32. The molecular formula is C22H26N2O5S2. The molecule has 2 amide bonds. The molecule has 3 rings (SSSR count). The molecule has 0 saturated heterocycles. The summed E-state index contributed by atoms with van der Waals surface area (Å²) in [7, 11) is -3.70. The number of thioether (sulfide) groups is 1. The monoisotopic (exact) mass is 462 g/mol. The van der Waals surface area contributed by atoms with E-state index in [4.69, 9.17) is 4.74 Å². The molecule has 0 bridgehead atoms. The maximum Gasteiger partial charge on any atom is 0.237 e. The summed E-state index contributed by atoms with van der Waals surface area (Å²) < 4.78 is 31.1. The summed E-state index contributed by atoms with van der Waals surface area (Å²) in [6, 6.07) is 12.0. The van der Waals surface area contributed by atoms with E-state index >= 15 is 0 Å². The van der Waals surface area contributed by atoms with Gasteiger partial charge in [-0.2, -0.15) is 0 Å². The summed E-state index contributed by atoms with van der Waals surface area (Å²) in [4.78, 5) is 25.2. The molecule has 2 aromatic rings. The SMILES string of the molecule is CCOc1ccc(CNC(=O)[C@H](C)CS(=O)(=O)c2ccc3c(c2)NC(=O)[C@@H](C)S3)cc1. The number of nitrogens with one attached hydrogen (secondary N) is 2. The van der Waals surface area contributed by atoms with Crippen molar-refractivity contribution in [3.05, 3.63) is 48.0 Å². The lowest BCUT2D eigenvalue weighted by Gasteiger charge is -2.22. The molecule has 0 aliphatic carbocycles. The topological polar surface area (TPSA) is 102 Å². The molecule has 166 valence electrons. The highest BCUT2D eigenvalue weighted by Gasteiger charge is 2.27. The quantitative estimate of drug-likeness (QED) is 0.625. The van der Waals surface area contributed by atoms with Crippen molar-refractivity contribution in [1.29, 1.82) is 0 Å². The van der Waals surface area contributed by atoms with E-state index in [0.29, 0.717) is 18.8 Å². The molecule has 0 aromatic heterocycles. The van der Waals surface area contributed by atoms with Crippen LogP contribution in [0.25, 0.3) is 0 Å². The molecule has 2 N–H and O–H groups in total. The van der Waals surface area contributed by atoms with Crippen LogP contribution in [0.1, 0.15) is 26.3 Å². The first-order valence-electron chi connectivity index (χ1n) is 10.0. The second-order valence-corrected chi connectivity index (χ2v) is 10.8. The van der Waals surface area contributed by atoms with Gasteiger partial charge in [-0.25, -0.2) is 8.42 Å². The number of rotatable bonds is 8. The maximum atomic E-state index is 12.8. The smallest absolute Gasteiger partial charge is 0.237 e. The van der Waals surface area contributed by atoms with Gasteiger partial charge in [-0.05, 0) is 49.7 Å². The van der Waals surface area contributed by atoms with Crippen LogP contribution >= 0.6 is 11.8 Å². The summed E-state index contributed by atoms with van der Waals surface area (Å²) in [6.45, 7) is 6.17. The summed E-state index contributed by atoms with van der Waals surface area (Å²) in [5.41, 5.74) is 1.38. The van der Waals surface area contributed by atoms with Gasteiger partial charge in [0.15, 0.2) is 9.84 Å². The number of ether oxygens (including phenoxy) is 1. The van der Waals surface area contributed by atoms with Crippen LogP contribution in [0.4, 0.5) is 5.69 Å². The lowest BCUT2D eigenvalue weighted by molar-refractivity contribution is -0.124. The Balaban J connectivity index is 1.61. The first kappa shape index (κ1) is 23.1. The molecule has 0 unspecified atom stereocenters. The Hall–Kier alpha value is -2.52. The van der Waals surface area contributed by atoms with E-state index in [1.54, 1.807) is 19.9 Å². The predicted octanol–water partition coefficient (Wildman–Crippen LogP) is 3.24. The number of carbonyl (C=O) groups excluding carboxylic acids is 2. The molecule has 7 nitrogen and oxygen atoms in total. The molecule has 2 aromatic carbocycles. The Morgan fingerprint density at radius 2 is 1.94 bits per heavy atom. The molecule has 1 heterocycles. The normalized spacial score (nSPS) is 16.7. The van der Waals surface area contributed by atoms with Crippen LogP contribution in [0.3, 0.4) is 0 Å². The molecule has 9 heteroatoms. The van der Waals surface area contributed by atoms with Crippen LogP contribution in [0.5, 0.6) is 5.75 Å². The molecular weight excluding hydrogens is 436 g/mol. The summed E-state index contributed by atoms with van der Waals surface area (Å²) in [6.07, 6.45) is 0. The van der Waals surface area contributed by atoms with Gasteiger partial charge in [0.25, 0.3) is 0 Å². The first-order chi connectivity index (χ1) is 14.7. The van der Waals surface area contributed by atoms with E-state index in [-0.39, 0.29) is 27.7 Å². The van der Waals surface area contributed by atoms with Gasteiger partial charge in [0.05, 0.1) is 28.2 Å². The third kappa shape index (κ3) is 5.80. The van der Waals surface area contributed by atoms with Gasteiger partial charge in [-0.15, -0.1) is 11.8 Å². The zero-order chi connectivity index (χ0) is 22.6. The fourth-order valence-electron chi connectivity index (χ4n) is 3.12. The largest absolute Gasteiger partial charge is 0.494 e. The summed E-state index contributed by atoms with van der Waals surface area (Å²) in [5.74, 6) is -0.792. The molecule has 2 atom stereocenters. The number of amides is 2. The second-order valence-electron chi connectivity index (χ2n) is 7.38. The highest BCUT2D eigenvalue weighted by atomic mass is 32.2. The van der Waals surface area contributed by atoms with E-state index < -0.39 is 15.8 Å². The number of sulfone groups is 1. The van der Waals surface area contributed by atoms with E-state index in [9.17, 15) is 18.0 Å². The minimum Gasteiger partial charge on any atom is -0.494 e. The molecule has 0 radical (unpaired) electrons. The van der Waals surface area contributed by atoms with Gasteiger partial charge in [-0.1, -0.05) is 19.1 Å². The average Bonchev–Trinajstić information content (AvgIpc) is 2.73. The van der Waals surface area contributed by atoms with E-state index in [1.807, 2.05) is 31.2 Å². The van der Waals surface area contributed by atoms with Gasteiger partial charge in [-0.3, -0.25) is 9.59 Å². The van der Waals surface area contributed by atoms with Crippen molar-refractivity contribution < 1.29 is 22.7 Å². The van der Waals surface area contributed by atoms with Crippen LogP contribution in [0.2, 0.25) is 0 Å². The van der Waals surface area contributed by atoms with Gasteiger partial charge in [0.1, 0.15) is 5.75 Å². The molecule has 0 spiro atoms. The third-order valence-corrected chi connectivity index (χ3v) is 7.95. The Bertz CT molecular complexity index is 1070. The summed E-state index contributed by atoms with van der Waals surface area (Å²) in [5, 5.41) is 5.29. The van der Waals surface area contributed by atoms with Gasteiger partial charge in [0, 0.05) is 17.4 Å². The van der Waals surface area contributed by atoms with E-state index in [0.717, 1.165) is 16.2 Å². The fourth-order valence-corrected chi connectivity index (χ4v) is 5.62. The van der Waals surface area contributed by atoms with Crippen LogP contribution in [0.15, 0.2) is 52.3 Å². The second kappa shape index (κ2) is 9.74. The number of benzene rings is 2. The highest BCUT2D eigenvalue weighted by molar-refractivity contribution is 8.01. The predicted molar refractivity (Wildman–Crippen MR) is 121 cm³/mol. The summed E-state index contributed by atoms with van der Waals surface area (Å²) >= 11 is 1.39. The van der Waals surface area contributed by atoms with Crippen LogP contribution in [-0.2, 0) is 26.0 Å². The number of carbonyl (C=O) groups is 2. The zero-order valence-electron chi connectivity index (χ0n) is 17.7. The van der Waals surface area contributed by atoms with Crippen LogP contribution in [0, 0.1) is 5.92 Å². The number of anilines is 1. The minimum absolute atomic E-state index is 0.0906. The van der Waals surface area contributed by atoms with Crippen LogP contribution < -0.4 is 15.4 Å². The fraction of sp³-hybridized carbons (Fsp3) is 0.364. The van der Waals surface area contributed by atoms with E-state index in [2.05, 4.69) is 10.6 Å². The van der Waals surface area contributed by atoms with Crippen molar-refractivity contribution in [3.8, 4) is 5.75 Å². The molecule has 0 fully saturated rings. The van der Waals surface area contributed by atoms with Crippen molar-refractivity contribution >= 4 is 39.1 Å². The highest BCUT2D eigenvalue weighted by Crippen LogP contribution is 2.37. The minimum atomic E-state index is -3.70. The molecule has 1 aliphatic heterocycles. The molecule has 31 heavy (non-hydrogen) atoms. The van der Waals surface area contributed by atoms with Crippen molar-refractivity contribution in [2.75, 3.05) is 17.7 Å². The van der Waals surface area contributed by atoms with Crippen LogP contribution in [-0.4, -0.2) is 37.8 Å². The van der Waals surface area contributed by atoms with Crippen molar-refractivity contribution in [2.24, 2.45) is 5.92 Å². The Morgan fingerprint density at radius 1 is 1.23 bits per heavy atom. The number of hydrogen-bond donors (Lipinski definition) is 2. The van der Waals surface area contributed by atoms with Crippen molar-refractivity contribution in [2.45, 2.75) is 42.4 Å². The zero-order valence-corrected chi connectivity index (χ0v) is 19.3. The number of fused-ring (bicyclic) bond motifs is 1. The Kier molecular flexibility index (Phi) is 7.27. The van der Waals surface area contributed by atoms with Gasteiger partial charge in [0.2, 0.25) is 11.8 Å². The standard InChI is InChI=1S/C22H26N2O5S2/c1-4-29-17-7-5-16(6-8-17)12-23-21(25)14(2)13-31(27,28)18-9-10-20-19(11-18)24-22(26)15(3)30-20/h5-11,14-15H,4,12-13H2,1-3H3,(H,23,25)(H,24,26)/t14-,15-/m1/s1. The third-order valence-electron chi connectivity index (χ3n) is 4.86. The molecule has 1 aliphatic rings. The lowest BCUT2D eigenvalue weighted by atomic mass is 10.2. The number of hydrogen-bond acceptors (Lipinski definition) is 6. The Morgan fingerprint density at radius 3 is 2.61 bits per heavy atom. The van der Waals surface area contributed by atoms with Crippen molar-refractivity contribution in [3.63, 3.8) is 0 Å². The molecule has 0 saturated carbocycles. The van der Waals surface area contributed by atoms with Crippen molar-refractivity contribution in [1.82, 2.24) is 5.32 Å². The Labute approximate surface area is 186 Å². The van der Waals surface area contributed by atoms with Gasteiger partial charge >= 0.3 is 0 Å². The van der Waals surface area contributed by atoms with Gasteiger partial charge < -0.3 is 15.4 Å². The van der Waals surface area contributed by atoms with E-state index in [1.165, 1.54) is 23.9 Å². The average molecular weight is 463 g/mol. The first-order valence-corrected chi connectivity index (χ1v) is 12.6.